The van der Waals surface area contributed by atoms with Gasteiger partial charge >= 0.3 is 154 Å². The Bertz CT molecular complexity index is 1080. The van der Waals surface area contributed by atoms with Gasteiger partial charge in [-0.25, -0.2) is 0 Å². The van der Waals surface area contributed by atoms with E-state index in [1.54, 1.807) is 0 Å². The Hall–Kier alpha value is -2.70. The van der Waals surface area contributed by atoms with Crippen molar-refractivity contribution in [3.8, 4) is 0 Å². The summed E-state index contributed by atoms with van der Waals surface area (Å²) in [5, 5.41) is 2.62. The first kappa shape index (κ1) is 14.6. The summed E-state index contributed by atoms with van der Waals surface area (Å²) in [6.07, 6.45) is 0. The van der Waals surface area contributed by atoms with Crippen molar-refractivity contribution < 1.29 is 0 Å². The number of hydrogen-bond donors (Lipinski definition) is 0. The zero-order chi connectivity index (χ0) is 16.6. The molecule has 0 spiro atoms. The molecule has 0 amide bonds. The molecule has 1 aliphatic rings. The number of anilines is 2. The van der Waals surface area contributed by atoms with E-state index >= 15 is 0 Å². The van der Waals surface area contributed by atoms with Crippen LogP contribution in [0.3, 0.4) is 0 Å². The van der Waals surface area contributed by atoms with Gasteiger partial charge in [-0.15, -0.1) is 0 Å². The molecule has 0 aromatic heterocycles. The van der Waals surface area contributed by atoms with E-state index in [0.29, 0.717) is 0 Å². The van der Waals surface area contributed by atoms with Crippen molar-refractivity contribution >= 4 is 49.3 Å². The molecule has 1 heterocycles. The molecule has 25 heavy (non-hydrogen) atoms. The van der Waals surface area contributed by atoms with Crippen molar-refractivity contribution in [2.75, 3.05) is 3.82 Å². The SMILES string of the molecule is c1ccc(N2[As]=[N+](c3ccccc3)c3cccc4cccc2c34)cc1. The Balaban J connectivity index is 1.84. The molecule has 0 N–H and O–H groups in total. The Morgan fingerprint density at radius 1 is 0.640 bits per heavy atom. The quantitative estimate of drug-likeness (QED) is 0.407. The van der Waals surface area contributed by atoms with E-state index in [1.807, 2.05) is 0 Å². The third kappa shape index (κ3) is 2.42. The van der Waals surface area contributed by atoms with Gasteiger partial charge in [0.1, 0.15) is 0 Å². The van der Waals surface area contributed by atoms with Crippen molar-refractivity contribution in [1.29, 1.82) is 0 Å². The number of nitrogens with zero attached hydrogens (tertiary/aromatic N) is 2. The summed E-state index contributed by atoms with van der Waals surface area (Å²) in [4.78, 5) is 0. The molecule has 4 aromatic rings. The van der Waals surface area contributed by atoms with Gasteiger partial charge in [-0.05, 0) is 0 Å². The van der Waals surface area contributed by atoms with Crippen molar-refractivity contribution in [3.63, 3.8) is 0 Å². The molecule has 1 aliphatic heterocycles. The second kappa shape index (κ2) is 5.98. The molecule has 0 atom stereocenters. The van der Waals surface area contributed by atoms with Crippen LogP contribution in [-0.4, -0.2) is 15.8 Å². The fourth-order valence-electron chi connectivity index (χ4n) is 3.36. The van der Waals surface area contributed by atoms with Crippen LogP contribution in [0.4, 0.5) is 22.7 Å². The van der Waals surface area contributed by atoms with E-state index in [9.17, 15) is 0 Å². The molecule has 3 heteroatoms. The zero-order valence-corrected chi connectivity index (χ0v) is 15.5. The third-order valence-corrected chi connectivity index (χ3v) is 7.12. The summed E-state index contributed by atoms with van der Waals surface area (Å²) in [7, 11) is 0. The van der Waals surface area contributed by atoms with E-state index in [2.05, 4.69) is 104 Å². The van der Waals surface area contributed by atoms with Crippen LogP contribution in [0.2, 0.25) is 0 Å². The van der Waals surface area contributed by atoms with Gasteiger partial charge in [0.15, 0.2) is 0 Å². The van der Waals surface area contributed by atoms with Crippen LogP contribution in [0.1, 0.15) is 0 Å². The first-order valence-corrected chi connectivity index (χ1v) is 10.0. The fourth-order valence-corrected chi connectivity index (χ4v) is 5.83. The zero-order valence-electron chi connectivity index (χ0n) is 13.6. The third-order valence-electron chi connectivity index (χ3n) is 4.50. The Kier molecular flexibility index (Phi) is 3.50. The molecular weight excluding hydrogens is 367 g/mol. The van der Waals surface area contributed by atoms with E-state index in [0.717, 1.165) is 0 Å². The predicted octanol–water partition coefficient (Wildman–Crippen LogP) is 5.63. The molecule has 0 saturated carbocycles. The summed E-state index contributed by atoms with van der Waals surface area (Å²) in [5.74, 6) is 0. The van der Waals surface area contributed by atoms with Crippen LogP contribution in [0.15, 0.2) is 97.1 Å². The number of para-hydroxylation sites is 2. The number of hydrogen-bond acceptors (Lipinski definition) is 1. The van der Waals surface area contributed by atoms with Crippen molar-refractivity contribution in [1.82, 2.24) is 3.44 Å². The maximum absolute atomic E-state index is 2.48. The normalized spacial score (nSPS) is 13.6. The molecule has 0 radical (unpaired) electrons. The first-order valence-electron chi connectivity index (χ1n) is 8.35. The van der Waals surface area contributed by atoms with Gasteiger partial charge in [0, 0.05) is 0 Å². The monoisotopic (exact) mass is 383 g/mol. The molecule has 0 bridgehead atoms. The van der Waals surface area contributed by atoms with Gasteiger partial charge in [-0.2, -0.15) is 0 Å². The van der Waals surface area contributed by atoms with E-state index in [1.165, 1.54) is 33.5 Å². The summed E-state index contributed by atoms with van der Waals surface area (Å²) in [6.45, 7) is 0. The van der Waals surface area contributed by atoms with E-state index in [4.69, 9.17) is 0 Å². The summed E-state index contributed by atoms with van der Waals surface area (Å²) >= 11 is -0.244. The first-order chi connectivity index (χ1) is 12.4. The Labute approximate surface area is 153 Å². The van der Waals surface area contributed by atoms with Crippen LogP contribution in [0.5, 0.6) is 0 Å². The summed E-state index contributed by atoms with van der Waals surface area (Å²) in [6, 6.07) is 34.6. The molecular formula is C22H16AsN2+. The van der Waals surface area contributed by atoms with Crippen molar-refractivity contribution in [2.24, 2.45) is 0 Å². The molecule has 4 aromatic carbocycles. The summed E-state index contributed by atoms with van der Waals surface area (Å²) in [5.41, 5.74) is 5.13. The van der Waals surface area contributed by atoms with E-state index in [-0.39, 0.29) is 15.8 Å². The molecule has 0 saturated heterocycles. The molecule has 5 rings (SSSR count). The second-order valence-corrected chi connectivity index (χ2v) is 8.09. The fraction of sp³-hybridized carbons (Fsp3) is 0. The maximum atomic E-state index is 2.48. The van der Waals surface area contributed by atoms with Gasteiger partial charge < -0.3 is 0 Å². The average molecular weight is 383 g/mol. The van der Waals surface area contributed by atoms with Crippen molar-refractivity contribution in [2.45, 2.75) is 0 Å². The van der Waals surface area contributed by atoms with Crippen LogP contribution in [0.25, 0.3) is 10.8 Å². The Morgan fingerprint density at radius 2 is 1.32 bits per heavy atom. The van der Waals surface area contributed by atoms with Crippen LogP contribution < -0.4 is 7.26 Å². The summed E-state index contributed by atoms with van der Waals surface area (Å²) < 4.78 is 4.97. The number of rotatable bonds is 2. The molecule has 0 aliphatic carbocycles. The van der Waals surface area contributed by atoms with Gasteiger partial charge in [0.2, 0.25) is 0 Å². The Morgan fingerprint density at radius 3 is 2.08 bits per heavy atom. The van der Waals surface area contributed by atoms with Crippen LogP contribution >= 0.6 is 0 Å². The molecule has 2 nitrogen and oxygen atoms in total. The minimum absolute atomic E-state index is 0.244. The van der Waals surface area contributed by atoms with Crippen LogP contribution in [-0.2, 0) is 0 Å². The van der Waals surface area contributed by atoms with E-state index < -0.39 is 0 Å². The van der Waals surface area contributed by atoms with Crippen molar-refractivity contribution in [3.05, 3.63) is 97.1 Å². The topological polar surface area (TPSA) is 6.25 Å². The van der Waals surface area contributed by atoms with Crippen LogP contribution in [0, 0.1) is 0 Å². The molecule has 0 fully saturated rings. The second-order valence-electron chi connectivity index (χ2n) is 6.04. The number of benzene rings is 4. The van der Waals surface area contributed by atoms with Gasteiger partial charge in [0.05, 0.1) is 0 Å². The minimum atomic E-state index is -0.244. The molecule has 0 unspecified atom stereocenters. The predicted molar refractivity (Wildman–Crippen MR) is 106 cm³/mol. The van der Waals surface area contributed by atoms with Gasteiger partial charge in [-0.3, -0.25) is 0 Å². The van der Waals surface area contributed by atoms with Gasteiger partial charge in [-0.1, -0.05) is 0 Å². The average Bonchev–Trinajstić information content (AvgIpc) is 2.70. The van der Waals surface area contributed by atoms with Gasteiger partial charge in [0.25, 0.3) is 0 Å². The standard InChI is InChI=1S/C22H16AsN2/c1-3-11-18(12-4-1)24-20-15-7-9-17-10-8-16-21(22(17)20)25(23-24)19-13-5-2-6-14-19/h1-16H/q+1. The molecule has 118 valence electrons.